The molecule has 2 heterocycles. The van der Waals surface area contributed by atoms with Crippen molar-refractivity contribution in [3.05, 3.63) is 18.2 Å². The van der Waals surface area contributed by atoms with Crippen LogP contribution in [0.4, 0.5) is 5.13 Å². The summed E-state index contributed by atoms with van der Waals surface area (Å²) in [4.78, 5) is 4.20. The molecule has 84 valence electrons. The van der Waals surface area contributed by atoms with Gasteiger partial charge >= 0.3 is 0 Å². The number of fused-ring (bicyclic) bond motifs is 1. The molecule has 4 nitrogen and oxygen atoms in total. The van der Waals surface area contributed by atoms with E-state index in [0.717, 1.165) is 29.0 Å². The first-order chi connectivity index (χ1) is 7.81. The van der Waals surface area contributed by atoms with Crippen molar-refractivity contribution in [2.75, 3.05) is 18.9 Å². The summed E-state index contributed by atoms with van der Waals surface area (Å²) in [5.74, 6) is 0.867. The van der Waals surface area contributed by atoms with Gasteiger partial charge in [0.15, 0.2) is 5.13 Å². The van der Waals surface area contributed by atoms with E-state index in [2.05, 4.69) is 4.98 Å². The molecule has 0 aliphatic carbocycles. The van der Waals surface area contributed by atoms with E-state index in [1.807, 2.05) is 18.2 Å². The lowest BCUT2D eigenvalue weighted by Gasteiger charge is -2.11. The lowest BCUT2D eigenvalue weighted by molar-refractivity contribution is 0.141. The lowest BCUT2D eigenvalue weighted by atomic mass is 10.3. The average Bonchev–Trinajstić information content (AvgIpc) is 2.85. The van der Waals surface area contributed by atoms with E-state index in [0.29, 0.717) is 11.7 Å². The first kappa shape index (κ1) is 9.86. The second-order valence-electron chi connectivity index (χ2n) is 3.79. The van der Waals surface area contributed by atoms with Gasteiger partial charge in [0.25, 0.3) is 0 Å². The Balaban J connectivity index is 1.86. The molecule has 1 aliphatic rings. The summed E-state index contributed by atoms with van der Waals surface area (Å²) in [5, 5.41) is 0.594. The number of rotatable bonds is 2. The monoisotopic (exact) mass is 236 g/mol. The maximum absolute atomic E-state index is 5.81. The third kappa shape index (κ3) is 1.83. The maximum atomic E-state index is 5.81. The molecule has 1 fully saturated rings. The number of ether oxygens (including phenoxy) is 2. The van der Waals surface area contributed by atoms with Crippen LogP contribution in [0.25, 0.3) is 10.2 Å². The van der Waals surface area contributed by atoms with Gasteiger partial charge in [0.1, 0.15) is 11.9 Å². The SMILES string of the molecule is Nc1nc2ccc(OC3CCOC3)cc2s1. The molecule has 1 atom stereocenters. The fourth-order valence-electron chi connectivity index (χ4n) is 1.79. The molecule has 0 saturated carbocycles. The summed E-state index contributed by atoms with van der Waals surface area (Å²) in [6.07, 6.45) is 1.14. The number of nitrogens with two attached hydrogens (primary N) is 1. The number of benzene rings is 1. The van der Waals surface area contributed by atoms with Gasteiger partial charge in [0, 0.05) is 6.42 Å². The molecule has 2 N–H and O–H groups in total. The first-order valence-electron chi connectivity index (χ1n) is 5.22. The number of hydrogen-bond donors (Lipinski definition) is 1. The zero-order valence-electron chi connectivity index (χ0n) is 8.68. The van der Waals surface area contributed by atoms with Crippen LogP contribution in [-0.4, -0.2) is 24.3 Å². The highest BCUT2D eigenvalue weighted by Gasteiger charge is 2.17. The van der Waals surface area contributed by atoms with Gasteiger partial charge in [-0.3, -0.25) is 0 Å². The highest BCUT2D eigenvalue weighted by Crippen LogP contribution is 2.28. The molecule has 5 heteroatoms. The molecule has 3 rings (SSSR count). The molecule has 1 unspecified atom stereocenters. The number of nitrogens with zero attached hydrogens (tertiary/aromatic N) is 1. The van der Waals surface area contributed by atoms with E-state index < -0.39 is 0 Å². The Morgan fingerprint density at radius 1 is 1.50 bits per heavy atom. The molecule has 0 bridgehead atoms. The van der Waals surface area contributed by atoms with Crippen LogP contribution in [0, 0.1) is 0 Å². The smallest absolute Gasteiger partial charge is 0.181 e. The van der Waals surface area contributed by atoms with Crippen molar-refractivity contribution in [1.29, 1.82) is 0 Å². The van der Waals surface area contributed by atoms with Crippen molar-refractivity contribution in [3.8, 4) is 5.75 Å². The second-order valence-corrected chi connectivity index (χ2v) is 4.85. The van der Waals surface area contributed by atoms with Crippen LogP contribution < -0.4 is 10.5 Å². The number of anilines is 1. The van der Waals surface area contributed by atoms with Gasteiger partial charge in [0.05, 0.1) is 23.4 Å². The standard InChI is InChI=1S/C11H12N2O2S/c12-11-13-9-2-1-7(5-10(9)16-11)15-8-3-4-14-6-8/h1-2,5,8H,3-4,6H2,(H2,12,13). The van der Waals surface area contributed by atoms with E-state index in [4.69, 9.17) is 15.2 Å². The van der Waals surface area contributed by atoms with E-state index in [1.54, 1.807) is 0 Å². The molecular formula is C11H12N2O2S. The fourth-order valence-corrected chi connectivity index (χ4v) is 2.56. The predicted octanol–water partition coefficient (Wildman–Crippen LogP) is 2.05. The molecule has 0 amide bonds. The van der Waals surface area contributed by atoms with Crippen LogP contribution in [0.2, 0.25) is 0 Å². The van der Waals surface area contributed by atoms with Gasteiger partial charge < -0.3 is 15.2 Å². The second kappa shape index (κ2) is 3.92. The van der Waals surface area contributed by atoms with Crippen LogP contribution in [0.5, 0.6) is 5.75 Å². The zero-order chi connectivity index (χ0) is 11.0. The van der Waals surface area contributed by atoms with Crippen molar-refractivity contribution < 1.29 is 9.47 Å². The van der Waals surface area contributed by atoms with Crippen LogP contribution in [0.3, 0.4) is 0 Å². The molecule has 1 aromatic carbocycles. The van der Waals surface area contributed by atoms with Gasteiger partial charge in [-0.1, -0.05) is 11.3 Å². The Kier molecular flexibility index (Phi) is 2.41. The van der Waals surface area contributed by atoms with Crippen molar-refractivity contribution in [3.63, 3.8) is 0 Å². The van der Waals surface area contributed by atoms with Crippen LogP contribution >= 0.6 is 11.3 Å². The van der Waals surface area contributed by atoms with Gasteiger partial charge in [0.2, 0.25) is 0 Å². The Labute approximate surface area is 97.0 Å². The Morgan fingerprint density at radius 3 is 3.25 bits per heavy atom. The van der Waals surface area contributed by atoms with Gasteiger partial charge in [-0.2, -0.15) is 0 Å². The third-order valence-electron chi connectivity index (χ3n) is 2.57. The number of thiazole rings is 1. The summed E-state index contributed by atoms with van der Waals surface area (Å²) in [6.45, 7) is 1.48. The number of hydrogen-bond acceptors (Lipinski definition) is 5. The fraction of sp³-hybridized carbons (Fsp3) is 0.364. The van der Waals surface area contributed by atoms with E-state index in [9.17, 15) is 0 Å². The molecular weight excluding hydrogens is 224 g/mol. The first-order valence-corrected chi connectivity index (χ1v) is 6.03. The molecule has 1 saturated heterocycles. The highest BCUT2D eigenvalue weighted by atomic mass is 32.1. The van der Waals surface area contributed by atoms with E-state index in [-0.39, 0.29) is 6.10 Å². The Hall–Kier alpha value is -1.33. The molecule has 16 heavy (non-hydrogen) atoms. The van der Waals surface area contributed by atoms with E-state index in [1.165, 1.54) is 11.3 Å². The van der Waals surface area contributed by atoms with Crippen LogP contribution in [0.15, 0.2) is 18.2 Å². The van der Waals surface area contributed by atoms with Crippen LogP contribution in [0.1, 0.15) is 6.42 Å². The van der Waals surface area contributed by atoms with Gasteiger partial charge in [-0.15, -0.1) is 0 Å². The maximum Gasteiger partial charge on any atom is 0.181 e. The third-order valence-corrected chi connectivity index (χ3v) is 3.41. The quantitative estimate of drug-likeness (QED) is 0.867. The summed E-state index contributed by atoms with van der Waals surface area (Å²) >= 11 is 1.48. The Morgan fingerprint density at radius 2 is 2.44 bits per heavy atom. The molecule has 0 radical (unpaired) electrons. The highest BCUT2D eigenvalue weighted by molar-refractivity contribution is 7.22. The summed E-state index contributed by atoms with van der Waals surface area (Å²) < 4.78 is 12.1. The largest absolute Gasteiger partial charge is 0.488 e. The molecule has 2 aromatic rings. The number of aromatic nitrogens is 1. The average molecular weight is 236 g/mol. The minimum atomic E-state index is 0.183. The summed E-state index contributed by atoms with van der Waals surface area (Å²) in [7, 11) is 0. The minimum Gasteiger partial charge on any atom is -0.488 e. The minimum absolute atomic E-state index is 0.183. The van der Waals surface area contributed by atoms with E-state index >= 15 is 0 Å². The van der Waals surface area contributed by atoms with Crippen LogP contribution in [-0.2, 0) is 4.74 Å². The van der Waals surface area contributed by atoms with Crippen molar-refractivity contribution in [2.24, 2.45) is 0 Å². The normalized spacial score (nSPS) is 20.4. The number of nitrogen functional groups attached to an aromatic ring is 1. The zero-order valence-corrected chi connectivity index (χ0v) is 9.50. The van der Waals surface area contributed by atoms with Gasteiger partial charge in [-0.05, 0) is 18.2 Å². The molecule has 1 aliphatic heterocycles. The lowest BCUT2D eigenvalue weighted by Crippen LogP contribution is -2.15. The Bertz CT molecular complexity index is 506. The summed E-state index contributed by atoms with van der Waals surface area (Å²) in [6, 6.07) is 5.86. The molecule has 1 aromatic heterocycles. The van der Waals surface area contributed by atoms with Crippen molar-refractivity contribution in [2.45, 2.75) is 12.5 Å². The summed E-state index contributed by atoms with van der Waals surface area (Å²) in [5.41, 5.74) is 6.58. The predicted molar refractivity (Wildman–Crippen MR) is 63.9 cm³/mol. The van der Waals surface area contributed by atoms with Crippen molar-refractivity contribution in [1.82, 2.24) is 4.98 Å². The topological polar surface area (TPSA) is 57.4 Å². The van der Waals surface area contributed by atoms with Gasteiger partial charge in [-0.25, -0.2) is 4.98 Å². The molecule has 0 spiro atoms. The van der Waals surface area contributed by atoms with Crippen molar-refractivity contribution >= 4 is 26.7 Å².